The molecule has 1 N–H and O–H groups in total. The van der Waals surface area contributed by atoms with Gasteiger partial charge in [0, 0.05) is 19.0 Å². The van der Waals surface area contributed by atoms with E-state index >= 15 is 0 Å². The maximum absolute atomic E-state index is 8.50. The molecule has 0 aromatic heterocycles. The highest BCUT2D eigenvalue weighted by atomic mass is 16.5. The summed E-state index contributed by atoms with van der Waals surface area (Å²) in [4.78, 5) is 0. The summed E-state index contributed by atoms with van der Waals surface area (Å²) in [5.41, 5.74) is 1.22. The zero-order valence-corrected chi connectivity index (χ0v) is 12.7. The minimum Gasteiger partial charge on any atom is -0.490 e. The van der Waals surface area contributed by atoms with Crippen LogP contribution in [0.25, 0.3) is 0 Å². The second-order valence-electron chi connectivity index (χ2n) is 5.33. The molecule has 2 rings (SSSR count). The van der Waals surface area contributed by atoms with Crippen molar-refractivity contribution >= 4 is 0 Å². The predicted octanol–water partition coefficient (Wildman–Crippen LogP) is 3.41. The van der Waals surface area contributed by atoms with Crippen LogP contribution in [0, 0.1) is 11.3 Å². The number of benzene rings is 1. The first kappa shape index (κ1) is 15.7. The molecule has 114 valence electrons. The standard InChI is InChI=1S/C17H24N2O2/c1-2-20-17-12-14(13-19-15-7-8-15)6-9-16(17)21-11-5-3-4-10-18/h6,9,12,15,19H,2-5,7-8,11,13H2,1H3. The van der Waals surface area contributed by atoms with Gasteiger partial charge in [0.25, 0.3) is 0 Å². The second-order valence-corrected chi connectivity index (χ2v) is 5.33. The molecule has 0 atom stereocenters. The third-order valence-electron chi connectivity index (χ3n) is 3.42. The van der Waals surface area contributed by atoms with Gasteiger partial charge in [0.2, 0.25) is 0 Å². The predicted molar refractivity (Wildman–Crippen MR) is 82.4 cm³/mol. The number of hydrogen-bond donors (Lipinski definition) is 1. The monoisotopic (exact) mass is 288 g/mol. The van der Waals surface area contributed by atoms with Crippen molar-refractivity contribution in [2.45, 2.75) is 51.6 Å². The zero-order valence-electron chi connectivity index (χ0n) is 12.7. The third kappa shape index (κ3) is 5.65. The first-order chi connectivity index (χ1) is 10.3. The van der Waals surface area contributed by atoms with Crippen LogP contribution in [0.1, 0.15) is 44.6 Å². The smallest absolute Gasteiger partial charge is 0.161 e. The molecule has 0 heterocycles. The molecule has 0 amide bonds. The van der Waals surface area contributed by atoms with Crippen molar-refractivity contribution in [3.8, 4) is 17.6 Å². The maximum atomic E-state index is 8.50. The van der Waals surface area contributed by atoms with E-state index < -0.39 is 0 Å². The molecule has 0 unspecified atom stereocenters. The quantitative estimate of drug-likeness (QED) is 0.670. The van der Waals surface area contributed by atoms with Crippen LogP contribution in [0.5, 0.6) is 11.5 Å². The molecule has 0 spiro atoms. The molecule has 4 nitrogen and oxygen atoms in total. The van der Waals surface area contributed by atoms with Gasteiger partial charge in [-0.15, -0.1) is 0 Å². The largest absolute Gasteiger partial charge is 0.490 e. The summed E-state index contributed by atoms with van der Waals surface area (Å²) in [6.07, 6.45) is 4.95. The molecule has 1 aromatic rings. The highest BCUT2D eigenvalue weighted by Crippen LogP contribution is 2.29. The van der Waals surface area contributed by atoms with E-state index in [0.29, 0.717) is 25.7 Å². The van der Waals surface area contributed by atoms with Crippen LogP contribution in [0.3, 0.4) is 0 Å². The van der Waals surface area contributed by atoms with E-state index in [1.165, 1.54) is 18.4 Å². The topological polar surface area (TPSA) is 54.3 Å². The van der Waals surface area contributed by atoms with Crippen molar-refractivity contribution in [3.05, 3.63) is 23.8 Å². The van der Waals surface area contributed by atoms with Crippen LogP contribution in [0.15, 0.2) is 18.2 Å². The molecule has 1 aliphatic rings. The molecule has 0 radical (unpaired) electrons. The average molecular weight is 288 g/mol. The van der Waals surface area contributed by atoms with Crippen LogP contribution < -0.4 is 14.8 Å². The lowest BCUT2D eigenvalue weighted by Gasteiger charge is -2.13. The lowest BCUT2D eigenvalue weighted by Crippen LogP contribution is -2.15. The van der Waals surface area contributed by atoms with Gasteiger partial charge in [-0.25, -0.2) is 0 Å². The molecular weight excluding hydrogens is 264 g/mol. The van der Waals surface area contributed by atoms with Gasteiger partial charge in [0.05, 0.1) is 19.3 Å². The average Bonchev–Trinajstić information content (AvgIpc) is 3.31. The van der Waals surface area contributed by atoms with Gasteiger partial charge in [-0.05, 0) is 50.3 Å². The summed E-state index contributed by atoms with van der Waals surface area (Å²) in [7, 11) is 0. The second kappa shape index (κ2) is 8.53. The Hall–Kier alpha value is -1.73. The molecule has 1 aromatic carbocycles. The summed E-state index contributed by atoms with van der Waals surface area (Å²) in [5, 5.41) is 12.0. The van der Waals surface area contributed by atoms with Gasteiger partial charge in [0.15, 0.2) is 11.5 Å². The molecule has 0 aliphatic heterocycles. The van der Waals surface area contributed by atoms with Gasteiger partial charge in [0.1, 0.15) is 0 Å². The summed E-state index contributed by atoms with van der Waals surface area (Å²) in [5.74, 6) is 1.61. The number of nitrogens with one attached hydrogen (secondary N) is 1. The SMILES string of the molecule is CCOc1cc(CNC2CC2)ccc1OCCCCC#N. The first-order valence-corrected chi connectivity index (χ1v) is 7.82. The zero-order chi connectivity index (χ0) is 14.9. The Bertz CT molecular complexity index is 478. The number of hydrogen-bond acceptors (Lipinski definition) is 4. The van der Waals surface area contributed by atoms with Crippen molar-refractivity contribution in [1.82, 2.24) is 5.32 Å². The van der Waals surface area contributed by atoms with E-state index in [1.807, 2.05) is 13.0 Å². The van der Waals surface area contributed by atoms with Crippen molar-refractivity contribution in [1.29, 1.82) is 5.26 Å². The fourth-order valence-corrected chi connectivity index (χ4v) is 2.09. The van der Waals surface area contributed by atoms with E-state index in [2.05, 4.69) is 23.5 Å². The summed E-state index contributed by atoms with van der Waals surface area (Å²) < 4.78 is 11.4. The van der Waals surface area contributed by atoms with E-state index in [0.717, 1.165) is 30.9 Å². The molecule has 4 heteroatoms. The van der Waals surface area contributed by atoms with Crippen LogP contribution in [-0.4, -0.2) is 19.3 Å². The highest BCUT2D eigenvalue weighted by molar-refractivity contribution is 5.43. The van der Waals surface area contributed by atoms with E-state index in [4.69, 9.17) is 14.7 Å². The lowest BCUT2D eigenvalue weighted by molar-refractivity contribution is 0.271. The number of nitrogens with zero attached hydrogens (tertiary/aromatic N) is 1. The van der Waals surface area contributed by atoms with Crippen LogP contribution in [0.4, 0.5) is 0 Å². The molecule has 1 saturated carbocycles. The third-order valence-corrected chi connectivity index (χ3v) is 3.42. The highest BCUT2D eigenvalue weighted by Gasteiger charge is 2.20. The van der Waals surface area contributed by atoms with Crippen molar-refractivity contribution in [3.63, 3.8) is 0 Å². The summed E-state index contributed by atoms with van der Waals surface area (Å²) in [6, 6.07) is 8.98. The van der Waals surface area contributed by atoms with Gasteiger partial charge in [-0.1, -0.05) is 6.07 Å². The Morgan fingerprint density at radius 2 is 2.10 bits per heavy atom. The normalized spacial score (nSPS) is 13.7. The molecule has 0 saturated heterocycles. The fraction of sp³-hybridized carbons (Fsp3) is 0.588. The van der Waals surface area contributed by atoms with Crippen LogP contribution in [-0.2, 0) is 6.54 Å². The van der Waals surface area contributed by atoms with Crippen molar-refractivity contribution < 1.29 is 9.47 Å². The van der Waals surface area contributed by atoms with Gasteiger partial charge >= 0.3 is 0 Å². The Balaban J connectivity index is 1.87. The summed E-state index contributed by atoms with van der Waals surface area (Å²) >= 11 is 0. The lowest BCUT2D eigenvalue weighted by atomic mass is 10.2. The number of unbranched alkanes of at least 4 members (excludes halogenated alkanes) is 2. The Kier molecular flexibility index (Phi) is 6.36. The van der Waals surface area contributed by atoms with E-state index in [-0.39, 0.29) is 0 Å². The van der Waals surface area contributed by atoms with Gasteiger partial charge in [-0.3, -0.25) is 0 Å². The van der Waals surface area contributed by atoms with Crippen LogP contribution >= 0.6 is 0 Å². The van der Waals surface area contributed by atoms with Gasteiger partial charge < -0.3 is 14.8 Å². The molecule has 1 fully saturated rings. The number of rotatable bonds is 10. The molecule has 21 heavy (non-hydrogen) atoms. The minimum atomic E-state index is 0.591. The van der Waals surface area contributed by atoms with E-state index in [9.17, 15) is 0 Å². The fourth-order valence-electron chi connectivity index (χ4n) is 2.09. The Morgan fingerprint density at radius 1 is 1.24 bits per heavy atom. The maximum Gasteiger partial charge on any atom is 0.161 e. The molecular formula is C17H24N2O2. The van der Waals surface area contributed by atoms with Crippen molar-refractivity contribution in [2.75, 3.05) is 13.2 Å². The van der Waals surface area contributed by atoms with Gasteiger partial charge in [-0.2, -0.15) is 5.26 Å². The van der Waals surface area contributed by atoms with Crippen LogP contribution in [0.2, 0.25) is 0 Å². The Morgan fingerprint density at radius 3 is 2.81 bits per heavy atom. The van der Waals surface area contributed by atoms with E-state index in [1.54, 1.807) is 0 Å². The number of ether oxygens (including phenoxy) is 2. The molecule has 0 bridgehead atoms. The minimum absolute atomic E-state index is 0.591. The summed E-state index contributed by atoms with van der Waals surface area (Å²) in [6.45, 7) is 4.12. The number of nitriles is 1. The Labute approximate surface area is 127 Å². The van der Waals surface area contributed by atoms with Crippen molar-refractivity contribution in [2.24, 2.45) is 0 Å². The molecule has 1 aliphatic carbocycles. The first-order valence-electron chi connectivity index (χ1n) is 7.82.